The SMILES string of the molecule is CCn1cc(-c2ccc(Cl)cc2Cl)nc1C=Cc1ccc(-c2ccc(NCCCC(=O)O)cc2)cc1. The minimum absolute atomic E-state index is 0.171. The molecule has 36 heavy (non-hydrogen) atoms. The number of carboxylic acid groups (broad SMARTS) is 1. The number of halogens is 2. The van der Waals surface area contributed by atoms with Crippen LogP contribution in [0, 0.1) is 0 Å². The van der Waals surface area contributed by atoms with Crippen molar-refractivity contribution in [2.24, 2.45) is 0 Å². The van der Waals surface area contributed by atoms with Crippen LogP contribution in [-0.2, 0) is 11.3 Å². The highest BCUT2D eigenvalue weighted by atomic mass is 35.5. The number of aromatic nitrogens is 2. The molecule has 0 aliphatic heterocycles. The molecule has 0 fully saturated rings. The van der Waals surface area contributed by atoms with E-state index in [1.54, 1.807) is 6.07 Å². The number of aliphatic carboxylic acids is 1. The largest absolute Gasteiger partial charge is 0.481 e. The number of carboxylic acids is 1. The lowest BCUT2D eigenvalue weighted by Gasteiger charge is -2.07. The van der Waals surface area contributed by atoms with E-state index < -0.39 is 5.97 Å². The molecular formula is C29H27Cl2N3O2. The lowest BCUT2D eigenvalue weighted by molar-refractivity contribution is -0.137. The molecule has 4 rings (SSSR count). The molecule has 0 aliphatic rings. The van der Waals surface area contributed by atoms with Crippen molar-refractivity contribution < 1.29 is 9.90 Å². The van der Waals surface area contributed by atoms with Crippen molar-refractivity contribution in [3.05, 3.63) is 94.4 Å². The normalized spacial score (nSPS) is 11.2. The third kappa shape index (κ3) is 6.56. The van der Waals surface area contributed by atoms with Crippen molar-refractivity contribution in [2.45, 2.75) is 26.3 Å². The quantitative estimate of drug-likeness (QED) is 0.208. The van der Waals surface area contributed by atoms with E-state index in [1.807, 2.05) is 36.5 Å². The molecule has 0 spiro atoms. The number of hydrogen-bond acceptors (Lipinski definition) is 3. The molecule has 4 aromatic rings. The van der Waals surface area contributed by atoms with Crippen LogP contribution in [0.1, 0.15) is 31.2 Å². The maximum Gasteiger partial charge on any atom is 0.303 e. The van der Waals surface area contributed by atoms with Crippen LogP contribution in [0.4, 0.5) is 5.69 Å². The molecule has 0 bridgehead atoms. The molecule has 0 atom stereocenters. The fraction of sp³-hybridized carbons (Fsp3) is 0.172. The van der Waals surface area contributed by atoms with Crippen molar-refractivity contribution in [1.82, 2.24) is 9.55 Å². The molecule has 1 aromatic heterocycles. The highest BCUT2D eigenvalue weighted by molar-refractivity contribution is 6.36. The van der Waals surface area contributed by atoms with E-state index in [4.69, 9.17) is 33.3 Å². The number of nitrogens with zero attached hydrogens (tertiary/aromatic N) is 2. The van der Waals surface area contributed by atoms with Crippen LogP contribution in [0.2, 0.25) is 10.0 Å². The van der Waals surface area contributed by atoms with Crippen molar-refractivity contribution in [1.29, 1.82) is 0 Å². The first kappa shape index (κ1) is 25.5. The first-order chi connectivity index (χ1) is 17.4. The summed E-state index contributed by atoms with van der Waals surface area (Å²) in [6.07, 6.45) is 6.83. The van der Waals surface area contributed by atoms with Crippen LogP contribution in [0.25, 0.3) is 34.5 Å². The van der Waals surface area contributed by atoms with Crippen molar-refractivity contribution in [3.8, 4) is 22.4 Å². The minimum Gasteiger partial charge on any atom is -0.481 e. The Morgan fingerprint density at radius 2 is 1.69 bits per heavy atom. The lowest BCUT2D eigenvalue weighted by atomic mass is 10.0. The Hall–Kier alpha value is -3.54. The van der Waals surface area contributed by atoms with Gasteiger partial charge >= 0.3 is 5.97 Å². The topological polar surface area (TPSA) is 67.2 Å². The van der Waals surface area contributed by atoms with E-state index in [2.05, 4.69) is 59.3 Å². The van der Waals surface area contributed by atoms with Gasteiger partial charge in [-0.2, -0.15) is 0 Å². The minimum atomic E-state index is -0.770. The van der Waals surface area contributed by atoms with Gasteiger partial charge in [-0.25, -0.2) is 4.98 Å². The van der Waals surface area contributed by atoms with Crippen molar-refractivity contribution in [3.63, 3.8) is 0 Å². The molecular weight excluding hydrogens is 493 g/mol. The number of anilines is 1. The molecule has 0 aliphatic carbocycles. The number of aryl methyl sites for hydroxylation is 1. The van der Waals surface area contributed by atoms with Gasteiger partial charge in [0.25, 0.3) is 0 Å². The number of hydrogen-bond donors (Lipinski definition) is 2. The van der Waals surface area contributed by atoms with E-state index in [9.17, 15) is 4.79 Å². The first-order valence-electron chi connectivity index (χ1n) is 11.8. The zero-order valence-corrected chi connectivity index (χ0v) is 21.4. The second kappa shape index (κ2) is 11.9. The van der Waals surface area contributed by atoms with E-state index >= 15 is 0 Å². The molecule has 2 N–H and O–H groups in total. The predicted molar refractivity (Wildman–Crippen MR) is 150 cm³/mol. The van der Waals surface area contributed by atoms with Gasteiger partial charge < -0.3 is 15.0 Å². The van der Waals surface area contributed by atoms with E-state index in [0.29, 0.717) is 23.0 Å². The maximum atomic E-state index is 10.6. The Balaban J connectivity index is 1.43. The zero-order valence-electron chi connectivity index (χ0n) is 19.9. The molecule has 7 heteroatoms. The third-order valence-electron chi connectivity index (χ3n) is 5.81. The molecule has 0 unspecified atom stereocenters. The fourth-order valence-electron chi connectivity index (χ4n) is 3.85. The van der Waals surface area contributed by atoms with E-state index in [0.717, 1.165) is 46.0 Å². The Labute approximate surface area is 221 Å². The van der Waals surface area contributed by atoms with Crippen LogP contribution in [0.5, 0.6) is 0 Å². The van der Waals surface area contributed by atoms with Crippen LogP contribution >= 0.6 is 23.2 Å². The number of carbonyl (C=O) groups is 1. The summed E-state index contributed by atoms with van der Waals surface area (Å²) in [4.78, 5) is 15.4. The summed E-state index contributed by atoms with van der Waals surface area (Å²) >= 11 is 12.4. The summed E-state index contributed by atoms with van der Waals surface area (Å²) in [5.41, 5.74) is 5.97. The third-order valence-corrected chi connectivity index (χ3v) is 6.35. The maximum absolute atomic E-state index is 10.6. The van der Waals surface area contributed by atoms with Gasteiger partial charge in [0.1, 0.15) is 5.82 Å². The highest BCUT2D eigenvalue weighted by Crippen LogP contribution is 2.30. The second-order valence-corrected chi connectivity index (χ2v) is 9.19. The molecule has 0 saturated heterocycles. The Bertz CT molecular complexity index is 1360. The summed E-state index contributed by atoms with van der Waals surface area (Å²) in [5.74, 6) is 0.0858. The number of nitrogens with one attached hydrogen (secondary N) is 1. The van der Waals surface area contributed by atoms with E-state index in [-0.39, 0.29) is 6.42 Å². The second-order valence-electron chi connectivity index (χ2n) is 8.35. The van der Waals surface area contributed by atoms with Gasteiger partial charge in [-0.15, -0.1) is 0 Å². The van der Waals surface area contributed by atoms with Crippen LogP contribution in [-0.4, -0.2) is 27.2 Å². The lowest BCUT2D eigenvalue weighted by Crippen LogP contribution is -2.04. The number of rotatable bonds is 10. The van der Waals surface area contributed by atoms with Crippen LogP contribution in [0.3, 0.4) is 0 Å². The molecule has 3 aromatic carbocycles. The van der Waals surface area contributed by atoms with Gasteiger partial charge in [0.15, 0.2) is 0 Å². The molecule has 0 amide bonds. The predicted octanol–water partition coefficient (Wildman–Crippen LogP) is 7.99. The monoisotopic (exact) mass is 519 g/mol. The molecule has 184 valence electrons. The number of imidazole rings is 1. The summed E-state index contributed by atoms with van der Waals surface area (Å²) in [7, 11) is 0. The first-order valence-corrected chi connectivity index (χ1v) is 12.6. The van der Waals surface area contributed by atoms with Crippen LogP contribution < -0.4 is 5.32 Å². The molecule has 0 radical (unpaired) electrons. The van der Waals surface area contributed by atoms with Crippen molar-refractivity contribution >= 4 is 47.0 Å². The average molecular weight is 520 g/mol. The summed E-state index contributed by atoms with van der Waals surface area (Å²) in [5, 5.41) is 13.2. The Morgan fingerprint density at radius 1 is 1.00 bits per heavy atom. The number of benzene rings is 3. The Kier molecular flexibility index (Phi) is 8.47. The van der Waals surface area contributed by atoms with Gasteiger partial charge in [0.05, 0.1) is 10.7 Å². The Morgan fingerprint density at radius 3 is 2.33 bits per heavy atom. The van der Waals surface area contributed by atoms with Crippen LogP contribution in [0.15, 0.2) is 72.9 Å². The zero-order chi connectivity index (χ0) is 25.5. The molecule has 0 saturated carbocycles. The van der Waals surface area contributed by atoms with Gasteiger partial charge in [0, 0.05) is 42.0 Å². The highest BCUT2D eigenvalue weighted by Gasteiger charge is 2.10. The van der Waals surface area contributed by atoms with Gasteiger partial charge in [-0.1, -0.05) is 65.7 Å². The van der Waals surface area contributed by atoms with Gasteiger partial charge in [0.2, 0.25) is 0 Å². The molecule has 5 nitrogen and oxygen atoms in total. The van der Waals surface area contributed by atoms with Gasteiger partial charge in [-0.3, -0.25) is 4.79 Å². The summed E-state index contributed by atoms with van der Waals surface area (Å²) in [6.45, 7) is 3.51. The average Bonchev–Trinajstić information content (AvgIpc) is 3.29. The smallest absolute Gasteiger partial charge is 0.303 e. The summed E-state index contributed by atoms with van der Waals surface area (Å²) < 4.78 is 2.09. The van der Waals surface area contributed by atoms with Crippen molar-refractivity contribution in [2.75, 3.05) is 11.9 Å². The van der Waals surface area contributed by atoms with Gasteiger partial charge in [-0.05, 0) is 66.4 Å². The molecule has 1 heterocycles. The summed E-state index contributed by atoms with van der Waals surface area (Å²) in [6, 6.07) is 21.9. The standard InChI is InChI=1S/C29H27Cl2N3O2/c1-2-34-19-27(25-15-12-23(30)18-26(25)31)33-28(34)16-7-20-5-8-21(9-6-20)22-10-13-24(14-11-22)32-17-3-4-29(35)36/h5-16,18-19,32H,2-4,17H2,1H3,(H,35,36). The fourth-order valence-corrected chi connectivity index (χ4v) is 4.36. The van der Waals surface area contributed by atoms with E-state index in [1.165, 1.54) is 0 Å².